The lowest BCUT2D eigenvalue weighted by Crippen LogP contribution is -2.25. The van der Waals surface area contributed by atoms with Crippen molar-refractivity contribution in [3.63, 3.8) is 0 Å². The lowest BCUT2D eigenvalue weighted by atomic mass is 9.94. The summed E-state index contributed by atoms with van der Waals surface area (Å²) in [6, 6.07) is 12.1. The average Bonchev–Trinajstić information content (AvgIpc) is 2.61. The number of ether oxygens (including phenoxy) is 1. The quantitative estimate of drug-likeness (QED) is 0.532. The molecule has 0 unspecified atom stereocenters. The van der Waals surface area contributed by atoms with Gasteiger partial charge >= 0.3 is 0 Å². The van der Waals surface area contributed by atoms with Crippen LogP contribution in [0.15, 0.2) is 36.4 Å². The number of hydrogen-bond donors (Lipinski definition) is 0. The first kappa shape index (κ1) is 17.1. The minimum absolute atomic E-state index is 0.0974. The molecule has 1 fully saturated rings. The molecule has 1 aliphatic heterocycles. The molecule has 24 heavy (non-hydrogen) atoms. The van der Waals surface area contributed by atoms with Gasteiger partial charge in [0.05, 0.1) is 11.6 Å². The van der Waals surface area contributed by atoms with Crippen molar-refractivity contribution in [1.82, 2.24) is 8.10 Å². The Labute approximate surface area is 154 Å². The van der Waals surface area contributed by atoms with Crippen molar-refractivity contribution < 1.29 is 9.13 Å². The molecule has 1 aromatic carbocycles. The first-order chi connectivity index (χ1) is 11.7. The topological polar surface area (TPSA) is 49.1 Å². The number of nitrogens with zero attached hydrogens (tertiary/aromatic N) is 3. The van der Waals surface area contributed by atoms with Crippen molar-refractivity contribution in [2.75, 3.05) is 13.1 Å². The van der Waals surface area contributed by atoms with E-state index in [0.717, 1.165) is 31.6 Å². The lowest BCUT2D eigenvalue weighted by Gasteiger charge is -2.27. The van der Waals surface area contributed by atoms with Gasteiger partial charge in [-0.1, -0.05) is 12.1 Å². The molecule has 0 radical (unpaired) electrons. The minimum Gasteiger partial charge on any atom is -0.473 e. The van der Waals surface area contributed by atoms with Crippen LogP contribution in [0.5, 0.6) is 5.88 Å². The summed E-state index contributed by atoms with van der Waals surface area (Å²) in [5, 5.41) is 8.77. The van der Waals surface area contributed by atoms with E-state index in [1.165, 1.54) is 6.07 Å². The second kappa shape index (κ2) is 7.90. The smallest absolute Gasteiger partial charge is 0.213 e. The molecule has 2 aromatic rings. The van der Waals surface area contributed by atoms with E-state index < -0.39 is 5.82 Å². The van der Waals surface area contributed by atoms with Gasteiger partial charge in [0.15, 0.2) is 0 Å². The fourth-order valence-corrected chi connectivity index (χ4v) is 3.32. The zero-order valence-corrected chi connectivity index (χ0v) is 15.2. The maximum atomic E-state index is 13.9. The highest BCUT2D eigenvalue weighted by atomic mass is 127. The van der Waals surface area contributed by atoms with E-state index in [1.807, 2.05) is 18.2 Å². The molecule has 4 nitrogen and oxygen atoms in total. The predicted octanol–water partition coefficient (Wildman–Crippen LogP) is 4.20. The number of benzene rings is 1. The third-order valence-corrected chi connectivity index (χ3v) is 5.13. The molecule has 0 amide bonds. The van der Waals surface area contributed by atoms with Crippen molar-refractivity contribution >= 4 is 22.9 Å². The summed E-state index contributed by atoms with van der Waals surface area (Å²) in [7, 11) is 0. The van der Waals surface area contributed by atoms with Gasteiger partial charge in [0.2, 0.25) is 5.88 Å². The molecule has 0 spiro atoms. The summed E-state index contributed by atoms with van der Waals surface area (Å²) in [4.78, 5) is 4.58. The van der Waals surface area contributed by atoms with Gasteiger partial charge in [0.25, 0.3) is 0 Å². The summed E-state index contributed by atoms with van der Waals surface area (Å²) >= 11 is 2.35. The highest BCUT2D eigenvalue weighted by molar-refractivity contribution is 14.1. The number of pyridine rings is 1. The van der Waals surface area contributed by atoms with Crippen LogP contribution in [0.3, 0.4) is 0 Å². The molecule has 2 heterocycles. The van der Waals surface area contributed by atoms with Crippen LogP contribution in [0.2, 0.25) is 0 Å². The van der Waals surface area contributed by atoms with Crippen molar-refractivity contribution in [1.29, 1.82) is 5.26 Å². The summed E-state index contributed by atoms with van der Waals surface area (Å²) in [5.41, 5.74) is 1.76. The Morgan fingerprint density at radius 2 is 2.08 bits per heavy atom. The van der Waals surface area contributed by atoms with Crippen LogP contribution in [-0.2, 0) is 6.61 Å². The van der Waals surface area contributed by atoms with Crippen LogP contribution in [0.4, 0.5) is 4.39 Å². The number of nitriles is 1. The van der Waals surface area contributed by atoms with Crippen LogP contribution in [-0.4, -0.2) is 21.2 Å². The van der Waals surface area contributed by atoms with Crippen molar-refractivity contribution in [3.8, 4) is 11.9 Å². The second-order valence-corrected chi connectivity index (χ2v) is 7.16. The molecule has 0 N–H and O–H groups in total. The third kappa shape index (κ3) is 4.22. The molecule has 1 saturated heterocycles. The van der Waals surface area contributed by atoms with E-state index in [-0.39, 0.29) is 6.61 Å². The van der Waals surface area contributed by atoms with Crippen LogP contribution >= 0.6 is 22.9 Å². The van der Waals surface area contributed by atoms with E-state index in [9.17, 15) is 4.39 Å². The van der Waals surface area contributed by atoms with Gasteiger partial charge < -0.3 is 4.74 Å². The largest absolute Gasteiger partial charge is 0.473 e. The number of piperidine rings is 1. The first-order valence-corrected chi connectivity index (χ1v) is 8.81. The summed E-state index contributed by atoms with van der Waals surface area (Å²) in [6.45, 7) is 2.23. The SMILES string of the molecule is N#Cc1ccc(COc2cccc(C3CCN(I)CC3)n2)c(F)c1. The Balaban J connectivity index is 1.66. The monoisotopic (exact) mass is 437 g/mol. The molecule has 0 atom stereocenters. The molecule has 0 saturated carbocycles. The summed E-state index contributed by atoms with van der Waals surface area (Å²) < 4.78 is 21.8. The maximum absolute atomic E-state index is 13.9. The number of aromatic nitrogens is 1. The first-order valence-electron chi connectivity index (χ1n) is 7.84. The Morgan fingerprint density at radius 1 is 1.29 bits per heavy atom. The Hall–Kier alpha value is -1.72. The number of halogens is 2. The maximum Gasteiger partial charge on any atom is 0.213 e. The Morgan fingerprint density at radius 3 is 2.79 bits per heavy atom. The number of hydrogen-bond acceptors (Lipinski definition) is 4. The van der Waals surface area contributed by atoms with Crippen LogP contribution in [0, 0.1) is 17.1 Å². The fraction of sp³-hybridized carbons (Fsp3) is 0.333. The number of rotatable bonds is 4. The van der Waals surface area contributed by atoms with E-state index in [4.69, 9.17) is 10.00 Å². The van der Waals surface area contributed by atoms with E-state index in [2.05, 4.69) is 31.0 Å². The van der Waals surface area contributed by atoms with Crippen molar-refractivity contribution in [3.05, 3.63) is 59.0 Å². The molecule has 6 heteroatoms. The predicted molar refractivity (Wildman–Crippen MR) is 97.3 cm³/mol. The van der Waals surface area contributed by atoms with Crippen LogP contribution in [0.25, 0.3) is 0 Å². The van der Waals surface area contributed by atoms with Crippen LogP contribution < -0.4 is 4.74 Å². The van der Waals surface area contributed by atoms with Gasteiger partial charge in [-0.05, 0) is 31.0 Å². The fourth-order valence-electron chi connectivity index (χ4n) is 2.77. The van der Waals surface area contributed by atoms with Gasteiger partial charge in [0, 0.05) is 59.2 Å². The molecule has 0 aliphatic carbocycles. The molecule has 3 rings (SSSR count). The standard InChI is InChI=1S/C18H17FIN3O/c19-16-10-13(11-21)4-5-15(16)12-24-18-3-1-2-17(22-18)14-6-8-23(20)9-7-14/h1-5,10,14H,6-9,12H2. The average molecular weight is 437 g/mol. The zero-order valence-electron chi connectivity index (χ0n) is 13.1. The molecule has 1 aliphatic rings. The van der Waals surface area contributed by atoms with Gasteiger partial charge in [-0.2, -0.15) is 5.26 Å². The Bertz CT molecular complexity index is 754. The normalized spacial score (nSPS) is 15.9. The van der Waals surface area contributed by atoms with Crippen molar-refractivity contribution in [2.24, 2.45) is 0 Å². The van der Waals surface area contributed by atoms with Crippen molar-refractivity contribution in [2.45, 2.75) is 25.4 Å². The highest BCUT2D eigenvalue weighted by Gasteiger charge is 2.20. The zero-order chi connectivity index (χ0) is 16.9. The molecular formula is C18H17FIN3O. The second-order valence-electron chi connectivity index (χ2n) is 5.79. The molecular weight excluding hydrogens is 420 g/mol. The van der Waals surface area contributed by atoms with Gasteiger partial charge in [-0.25, -0.2) is 12.5 Å². The molecule has 1 aromatic heterocycles. The molecule has 0 bridgehead atoms. The molecule has 124 valence electrons. The summed E-state index contributed by atoms with van der Waals surface area (Å²) in [5.74, 6) is 0.527. The van der Waals surface area contributed by atoms with E-state index >= 15 is 0 Å². The van der Waals surface area contributed by atoms with E-state index in [1.54, 1.807) is 18.2 Å². The minimum atomic E-state index is -0.431. The highest BCUT2D eigenvalue weighted by Crippen LogP contribution is 2.29. The third-order valence-electron chi connectivity index (χ3n) is 4.16. The van der Waals surface area contributed by atoms with E-state index in [0.29, 0.717) is 22.9 Å². The van der Waals surface area contributed by atoms with Gasteiger partial charge in [0.1, 0.15) is 12.4 Å². The summed E-state index contributed by atoms with van der Waals surface area (Å²) in [6.07, 6.45) is 2.17. The lowest BCUT2D eigenvalue weighted by molar-refractivity contribution is 0.285. The Kier molecular flexibility index (Phi) is 5.63. The van der Waals surface area contributed by atoms with Crippen LogP contribution in [0.1, 0.15) is 35.6 Å². The van der Waals surface area contributed by atoms with Gasteiger partial charge in [-0.15, -0.1) is 0 Å². The van der Waals surface area contributed by atoms with Gasteiger partial charge in [-0.3, -0.25) is 0 Å².